The van der Waals surface area contributed by atoms with E-state index in [-0.39, 0.29) is 5.91 Å². The van der Waals surface area contributed by atoms with Crippen molar-refractivity contribution in [3.8, 4) is 11.5 Å². The quantitative estimate of drug-likeness (QED) is 0.347. The number of para-hydroxylation sites is 1. The van der Waals surface area contributed by atoms with Crippen molar-refractivity contribution in [1.82, 2.24) is 15.2 Å². The highest BCUT2D eigenvalue weighted by Crippen LogP contribution is 2.39. The Morgan fingerprint density at radius 3 is 2.66 bits per heavy atom. The summed E-state index contributed by atoms with van der Waals surface area (Å²) in [6.45, 7) is 2.75. The zero-order valence-electron chi connectivity index (χ0n) is 19.4. The molecule has 1 aliphatic heterocycles. The molecule has 9 heteroatoms. The predicted molar refractivity (Wildman–Crippen MR) is 139 cm³/mol. The summed E-state index contributed by atoms with van der Waals surface area (Å²) in [5, 5.41) is 6.89. The van der Waals surface area contributed by atoms with Crippen LogP contribution >= 0.6 is 11.3 Å². The smallest absolute Gasteiger partial charge is 0.263 e. The molecule has 3 heterocycles. The molecule has 2 atom stereocenters. The Balaban J connectivity index is 1.38. The number of nitrogens with zero attached hydrogens (tertiary/aromatic N) is 2. The van der Waals surface area contributed by atoms with Gasteiger partial charge < -0.3 is 26.0 Å². The normalized spacial score (nSPS) is 18.0. The molecule has 2 aromatic carbocycles. The fourth-order valence-electron chi connectivity index (χ4n) is 4.25. The molecule has 1 saturated heterocycles. The number of halogens is 1. The predicted octanol–water partition coefficient (Wildman–Crippen LogP) is 5.10. The van der Waals surface area contributed by atoms with Crippen molar-refractivity contribution in [2.24, 2.45) is 0 Å². The number of pyridine rings is 1. The standard InChI is InChI=1S/C26H26FN5O2S/c1-15-12-17(34-16-6-4-3-5-7-16)8-9-19(15)30-20-10-11-29-26-22(20)23(28)24(35-26)25(33)31-21-14-32(2)13-18(21)27/h3-12,18,21H,13-14,28H2,1-2H3,(H,29,30)(H,31,33)/t18-,21+/m1/s1. The van der Waals surface area contributed by atoms with Crippen LogP contribution in [0, 0.1) is 6.92 Å². The Morgan fingerprint density at radius 1 is 1.14 bits per heavy atom. The van der Waals surface area contributed by atoms with Crippen molar-refractivity contribution >= 4 is 44.5 Å². The molecule has 35 heavy (non-hydrogen) atoms. The lowest BCUT2D eigenvalue weighted by Gasteiger charge is -2.14. The van der Waals surface area contributed by atoms with Crippen molar-refractivity contribution < 1.29 is 13.9 Å². The van der Waals surface area contributed by atoms with E-state index < -0.39 is 12.2 Å². The van der Waals surface area contributed by atoms with E-state index in [1.807, 2.05) is 73.5 Å². The molecule has 1 aliphatic rings. The number of hydrogen-bond donors (Lipinski definition) is 3. The van der Waals surface area contributed by atoms with Gasteiger partial charge in [0.15, 0.2) is 0 Å². The SMILES string of the molecule is Cc1cc(Oc2ccccc2)ccc1Nc1ccnc2sc(C(=O)N[C@H]3CN(C)C[C@H]3F)c(N)c12. The van der Waals surface area contributed by atoms with E-state index in [0.717, 1.165) is 28.4 Å². The number of alkyl halides is 1. The van der Waals surface area contributed by atoms with Gasteiger partial charge in [-0.25, -0.2) is 9.37 Å². The van der Waals surface area contributed by atoms with Gasteiger partial charge in [-0.2, -0.15) is 0 Å². The third-order valence-corrected chi connectivity index (χ3v) is 7.14. The maximum absolute atomic E-state index is 14.2. The van der Waals surface area contributed by atoms with Crippen LogP contribution in [0.2, 0.25) is 0 Å². The van der Waals surface area contributed by atoms with Gasteiger partial charge in [-0.05, 0) is 55.9 Å². The molecule has 4 aromatic rings. The number of nitrogens with one attached hydrogen (secondary N) is 2. The molecule has 1 fully saturated rings. The number of benzene rings is 2. The molecule has 0 spiro atoms. The van der Waals surface area contributed by atoms with Gasteiger partial charge in [0.25, 0.3) is 5.91 Å². The van der Waals surface area contributed by atoms with E-state index >= 15 is 0 Å². The Hall–Kier alpha value is -3.69. The summed E-state index contributed by atoms with van der Waals surface area (Å²) >= 11 is 1.21. The second-order valence-electron chi connectivity index (χ2n) is 8.72. The van der Waals surface area contributed by atoms with Crippen LogP contribution in [0.3, 0.4) is 0 Å². The second-order valence-corrected chi connectivity index (χ2v) is 9.72. The fourth-order valence-corrected chi connectivity index (χ4v) is 5.24. The van der Waals surface area contributed by atoms with Crippen LogP contribution in [0.1, 0.15) is 15.2 Å². The van der Waals surface area contributed by atoms with Gasteiger partial charge in [0.2, 0.25) is 0 Å². The van der Waals surface area contributed by atoms with Crippen LogP contribution in [0.4, 0.5) is 21.5 Å². The molecule has 0 saturated carbocycles. The van der Waals surface area contributed by atoms with E-state index in [0.29, 0.717) is 33.9 Å². The number of nitrogens with two attached hydrogens (primary N) is 1. The van der Waals surface area contributed by atoms with Crippen LogP contribution < -0.4 is 21.1 Å². The summed E-state index contributed by atoms with van der Waals surface area (Å²) in [4.78, 5) is 20.2. The molecule has 0 aliphatic carbocycles. The van der Waals surface area contributed by atoms with Crippen LogP contribution in [-0.2, 0) is 0 Å². The van der Waals surface area contributed by atoms with E-state index in [2.05, 4.69) is 15.6 Å². The number of thiophene rings is 1. The van der Waals surface area contributed by atoms with Crippen LogP contribution in [-0.4, -0.2) is 48.1 Å². The number of anilines is 3. The first-order valence-electron chi connectivity index (χ1n) is 11.3. The minimum Gasteiger partial charge on any atom is -0.457 e. The molecule has 0 bridgehead atoms. The van der Waals surface area contributed by atoms with E-state index in [1.54, 1.807) is 6.20 Å². The van der Waals surface area contributed by atoms with Crippen LogP contribution in [0.25, 0.3) is 10.2 Å². The van der Waals surface area contributed by atoms with Crippen molar-refractivity contribution in [1.29, 1.82) is 0 Å². The minimum absolute atomic E-state index is 0.303. The second kappa shape index (κ2) is 9.52. The number of ether oxygens (including phenoxy) is 1. The summed E-state index contributed by atoms with van der Waals surface area (Å²) in [5.74, 6) is 1.12. The molecule has 180 valence electrons. The number of amides is 1. The monoisotopic (exact) mass is 491 g/mol. The summed E-state index contributed by atoms with van der Waals surface area (Å²) in [6, 6.07) is 16.7. The third-order valence-electron chi connectivity index (χ3n) is 6.03. The summed E-state index contributed by atoms with van der Waals surface area (Å²) in [6.07, 6.45) is 0.570. The Morgan fingerprint density at radius 2 is 1.94 bits per heavy atom. The molecule has 5 rings (SSSR count). The van der Waals surface area contributed by atoms with E-state index in [1.165, 1.54) is 11.3 Å². The van der Waals surface area contributed by atoms with Crippen molar-refractivity contribution in [2.45, 2.75) is 19.1 Å². The highest BCUT2D eigenvalue weighted by Gasteiger charge is 2.33. The summed E-state index contributed by atoms with van der Waals surface area (Å²) in [7, 11) is 1.83. The lowest BCUT2D eigenvalue weighted by Crippen LogP contribution is -2.41. The highest BCUT2D eigenvalue weighted by atomic mass is 32.1. The Bertz CT molecular complexity index is 1380. The number of likely N-dealkylation sites (tertiary alicyclic amines) is 1. The van der Waals surface area contributed by atoms with Gasteiger partial charge >= 0.3 is 0 Å². The first-order valence-corrected chi connectivity index (χ1v) is 12.1. The molecule has 2 aromatic heterocycles. The third kappa shape index (κ3) is 4.78. The fraction of sp³-hybridized carbons (Fsp3) is 0.231. The van der Waals surface area contributed by atoms with Crippen molar-refractivity contribution in [3.63, 3.8) is 0 Å². The number of rotatable bonds is 6. The topological polar surface area (TPSA) is 92.5 Å². The zero-order valence-corrected chi connectivity index (χ0v) is 20.2. The Labute approximate surface area is 206 Å². The number of hydrogen-bond acceptors (Lipinski definition) is 7. The highest BCUT2D eigenvalue weighted by molar-refractivity contribution is 7.21. The van der Waals surface area contributed by atoms with Gasteiger partial charge in [0.05, 0.1) is 22.8 Å². The Kier molecular flexibility index (Phi) is 6.27. The number of carbonyl (C=O) groups excluding carboxylic acids is 1. The average Bonchev–Trinajstić information content (AvgIpc) is 3.34. The molecular formula is C26H26FN5O2S. The van der Waals surface area contributed by atoms with Gasteiger partial charge in [0, 0.05) is 25.0 Å². The average molecular weight is 492 g/mol. The van der Waals surface area contributed by atoms with Gasteiger partial charge in [-0.15, -0.1) is 11.3 Å². The first kappa shape index (κ1) is 23.1. The lowest BCUT2D eigenvalue weighted by atomic mass is 10.1. The first-order chi connectivity index (χ1) is 16.9. The zero-order chi connectivity index (χ0) is 24.5. The van der Waals surface area contributed by atoms with Crippen LogP contribution in [0.15, 0.2) is 60.8 Å². The maximum atomic E-state index is 14.2. The lowest BCUT2D eigenvalue weighted by molar-refractivity contribution is 0.0928. The van der Waals surface area contributed by atoms with E-state index in [9.17, 15) is 9.18 Å². The molecule has 4 N–H and O–H groups in total. The molecule has 7 nitrogen and oxygen atoms in total. The van der Waals surface area contributed by atoms with Gasteiger partial charge in [-0.1, -0.05) is 18.2 Å². The maximum Gasteiger partial charge on any atom is 0.263 e. The number of carbonyl (C=O) groups is 1. The summed E-state index contributed by atoms with van der Waals surface area (Å²) in [5.41, 5.74) is 9.36. The molecule has 0 radical (unpaired) electrons. The number of fused-ring (bicyclic) bond motifs is 1. The van der Waals surface area contributed by atoms with Crippen LogP contribution in [0.5, 0.6) is 11.5 Å². The number of aromatic nitrogens is 1. The minimum atomic E-state index is -1.10. The van der Waals surface area contributed by atoms with Crippen molar-refractivity contribution in [2.75, 3.05) is 31.2 Å². The number of nitrogen functional groups attached to an aromatic ring is 1. The van der Waals surface area contributed by atoms with Gasteiger partial charge in [0.1, 0.15) is 27.4 Å². The number of likely N-dealkylation sites (N-methyl/N-ethyl adjacent to an activating group) is 1. The molecule has 0 unspecified atom stereocenters. The van der Waals surface area contributed by atoms with Gasteiger partial charge in [-0.3, -0.25) is 4.79 Å². The van der Waals surface area contributed by atoms with E-state index in [4.69, 9.17) is 10.5 Å². The van der Waals surface area contributed by atoms with Crippen molar-refractivity contribution in [3.05, 3.63) is 71.2 Å². The largest absolute Gasteiger partial charge is 0.457 e. The number of aryl methyl sites for hydroxylation is 1. The molecular weight excluding hydrogens is 465 g/mol. The summed E-state index contributed by atoms with van der Waals surface area (Å²) < 4.78 is 20.1. The molecule has 1 amide bonds.